The number of nitrogens with zero attached hydrogens (tertiary/aromatic N) is 4. The normalized spacial score (nSPS) is 27.7. The SMILES string of the molecule is CN1C(C)(C)CC(NC2(N3CCCC3)C(F)=CN=C(Nc3ccccc3)N2OC(F)F)CC1(C)C. The van der Waals surface area contributed by atoms with Gasteiger partial charge in [0, 0.05) is 35.9 Å². The summed E-state index contributed by atoms with van der Waals surface area (Å²) in [5.74, 6) is -2.43. The summed E-state index contributed by atoms with van der Waals surface area (Å²) in [4.78, 5) is 13.4. The zero-order valence-corrected chi connectivity index (χ0v) is 21.2. The van der Waals surface area contributed by atoms with E-state index in [2.05, 4.69) is 55.3 Å². The van der Waals surface area contributed by atoms with E-state index in [0.717, 1.165) is 24.1 Å². The minimum absolute atomic E-state index is 0.0104. The molecule has 0 radical (unpaired) electrons. The van der Waals surface area contributed by atoms with Crippen molar-refractivity contribution in [1.82, 2.24) is 20.2 Å². The first-order chi connectivity index (χ1) is 16.5. The molecule has 0 bridgehead atoms. The first-order valence-corrected chi connectivity index (χ1v) is 12.2. The Balaban J connectivity index is 1.75. The molecule has 1 aromatic carbocycles. The quantitative estimate of drug-likeness (QED) is 0.597. The molecule has 35 heavy (non-hydrogen) atoms. The fourth-order valence-corrected chi connectivity index (χ4v) is 5.75. The fourth-order valence-electron chi connectivity index (χ4n) is 5.75. The first kappa shape index (κ1) is 25.9. The number of hydroxylamine groups is 2. The summed E-state index contributed by atoms with van der Waals surface area (Å²) in [7, 11) is 2.09. The average molecular weight is 495 g/mol. The van der Waals surface area contributed by atoms with E-state index in [-0.39, 0.29) is 23.1 Å². The third-order valence-corrected chi connectivity index (χ3v) is 7.61. The number of nitrogens with one attached hydrogen (secondary N) is 2. The molecule has 0 amide bonds. The molecule has 2 N–H and O–H groups in total. The van der Waals surface area contributed by atoms with Crippen LogP contribution in [0.4, 0.5) is 18.9 Å². The van der Waals surface area contributed by atoms with Crippen molar-refractivity contribution >= 4 is 11.6 Å². The maximum absolute atomic E-state index is 16.0. The van der Waals surface area contributed by atoms with Crippen molar-refractivity contribution in [3.63, 3.8) is 0 Å². The molecule has 10 heteroatoms. The van der Waals surface area contributed by atoms with Crippen LogP contribution in [0.5, 0.6) is 0 Å². The summed E-state index contributed by atoms with van der Waals surface area (Å²) in [6, 6.07) is 8.87. The maximum atomic E-state index is 16.0. The predicted molar refractivity (Wildman–Crippen MR) is 131 cm³/mol. The Labute approximate surface area is 205 Å². The molecule has 3 heterocycles. The Morgan fingerprint density at radius 2 is 1.63 bits per heavy atom. The van der Waals surface area contributed by atoms with Gasteiger partial charge in [-0.15, -0.1) is 0 Å². The van der Waals surface area contributed by atoms with E-state index in [4.69, 9.17) is 4.84 Å². The van der Waals surface area contributed by atoms with Crippen LogP contribution < -0.4 is 10.6 Å². The Morgan fingerprint density at radius 1 is 1.03 bits per heavy atom. The van der Waals surface area contributed by atoms with Crippen molar-refractivity contribution in [2.24, 2.45) is 4.99 Å². The molecule has 194 valence electrons. The Hall–Kier alpha value is -2.14. The van der Waals surface area contributed by atoms with Gasteiger partial charge in [-0.25, -0.2) is 9.38 Å². The third kappa shape index (κ3) is 5.07. The van der Waals surface area contributed by atoms with Gasteiger partial charge in [-0.05, 0) is 72.6 Å². The molecule has 4 rings (SSSR count). The summed E-state index contributed by atoms with van der Waals surface area (Å²) in [5, 5.41) is 7.42. The van der Waals surface area contributed by atoms with Crippen LogP contribution in [0.15, 0.2) is 47.4 Å². The van der Waals surface area contributed by atoms with Crippen LogP contribution >= 0.6 is 0 Å². The smallest absolute Gasteiger partial charge is 0.324 e. The largest absolute Gasteiger partial charge is 0.365 e. The molecule has 1 aromatic rings. The molecule has 2 saturated heterocycles. The Bertz CT molecular complexity index is 930. The van der Waals surface area contributed by atoms with Crippen molar-refractivity contribution in [2.45, 2.75) is 82.9 Å². The number of likely N-dealkylation sites (tertiary alicyclic amines) is 2. The number of para-hydroxylation sites is 1. The van der Waals surface area contributed by atoms with Crippen LogP contribution in [0, 0.1) is 0 Å². The standard InChI is InChI=1S/C25H37F3N6O/c1-23(2)15-19(16-24(3,4)32(23)5)31-25(33-13-9-10-14-33)20(26)17-29-22(34(25)35-21(27)28)30-18-11-7-6-8-12-18/h6-8,11-12,17,19,21,31H,9-10,13-16H2,1-5H3,(H,29,30). The maximum Gasteiger partial charge on any atom is 0.365 e. The second-order valence-corrected chi connectivity index (χ2v) is 10.9. The molecule has 0 spiro atoms. The highest BCUT2D eigenvalue weighted by atomic mass is 19.3. The molecule has 2 fully saturated rings. The van der Waals surface area contributed by atoms with Gasteiger partial charge in [0.1, 0.15) is 0 Å². The van der Waals surface area contributed by atoms with Gasteiger partial charge in [-0.3, -0.25) is 15.1 Å². The highest BCUT2D eigenvalue weighted by Crippen LogP contribution is 2.41. The first-order valence-electron chi connectivity index (χ1n) is 12.2. The van der Waals surface area contributed by atoms with E-state index in [1.807, 2.05) is 23.1 Å². The zero-order valence-electron chi connectivity index (χ0n) is 21.2. The summed E-state index contributed by atoms with van der Waals surface area (Å²) < 4.78 is 43.7. The van der Waals surface area contributed by atoms with Crippen molar-refractivity contribution in [3.8, 4) is 0 Å². The molecule has 3 aliphatic heterocycles. The summed E-state index contributed by atoms with van der Waals surface area (Å²) in [5.41, 5.74) is 0.254. The highest BCUT2D eigenvalue weighted by molar-refractivity contribution is 5.94. The number of guanidine groups is 1. The van der Waals surface area contributed by atoms with Crippen LogP contribution in [-0.4, -0.2) is 70.5 Å². The van der Waals surface area contributed by atoms with Gasteiger partial charge < -0.3 is 5.32 Å². The van der Waals surface area contributed by atoms with E-state index < -0.39 is 18.2 Å². The van der Waals surface area contributed by atoms with Gasteiger partial charge in [-0.2, -0.15) is 18.7 Å². The van der Waals surface area contributed by atoms with Gasteiger partial charge in [0.25, 0.3) is 0 Å². The molecule has 1 atom stereocenters. The number of piperidine rings is 1. The van der Waals surface area contributed by atoms with Crippen molar-refractivity contribution in [1.29, 1.82) is 0 Å². The summed E-state index contributed by atoms with van der Waals surface area (Å²) in [6.45, 7) is 6.50. The number of hydrogen-bond donors (Lipinski definition) is 2. The van der Waals surface area contributed by atoms with Gasteiger partial charge >= 0.3 is 6.61 Å². The molecule has 3 aliphatic rings. The molecule has 0 aliphatic carbocycles. The molecular formula is C25H37F3N6O. The van der Waals surface area contributed by atoms with Crippen LogP contribution in [0.3, 0.4) is 0 Å². The van der Waals surface area contributed by atoms with E-state index in [1.165, 1.54) is 0 Å². The van der Waals surface area contributed by atoms with Crippen molar-refractivity contribution < 1.29 is 18.0 Å². The van der Waals surface area contributed by atoms with E-state index in [9.17, 15) is 8.78 Å². The lowest BCUT2D eigenvalue weighted by Gasteiger charge is -2.57. The van der Waals surface area contributed by atoms with Crippen molar-refractivity contribution in [3.05, 3.63) is 42.4 Å². The zero-order chi connectivity index (χ0) is 25.4. The van der Waals surface area contributed by atoms with Gasteiger partial charge in [-0.1, -0.05) is 18.2 Å². The van der Waals surface area contributed by atoms with Crippen molar-refractivity contribution in [2.75, 3.05) is 25.5 Å². The van der Waals surface area contributed by atoms with Crippen LogP contribution in [0.25, 0.3) is 0 Å². The summed E-state index contributed by atoms with van der Waals surface area (Å²) >= 11 is 0. The van der Waals surface area contributed by atoms with Gasteiger partial charge in [0.05, 0.1) is 6.20 Å². The van der Waals surface area contributed by atoms with Gasteiger partial charge in [0.15, 0.2) is 5.83 Å². The third-order valence-electron chi connectivity index (χ3n) is 7.61. The molecule has 7 nitrogen and oxygen atoms in total. The lowest BCUT2D eigenvalue weighted by atomic mass is 9.77. The second kappa shape index (κ2) is 9.72. The van der Waals surface area contributed by atoms with E-state index in [1.54, 1.807) is 12.1 Å². The van der Waals surface area contributed by atoms with Crippen LogP contribution in [0.2, 0.25) is 0 Å². The molecule has 0 saturated carbocycles. The monoisotopic (exact) mass is 494 g/mol. The lowest BCUT2D eigenvalue weighted by Crippen LogP contribution is -2.75. The Morgan fingerprint density at radius 3 is 2.20 bits per heavy atom. The molecule has 1 unspecified atom stereocenters. The van der Waals surface area contributed by atoms with Crippen LogP contribution in [-0.2, 0) is 4.84 Å². The summed E-state index contributed by atoms with van der Waals surface area (Å²) in [6.07, 6.45) is 4.19. The number of rotatable bonds is 6. The van der Waals surface area contributed by atoms with Gasteiger partial charge in [0.2, 0.25) is 11.7 Å². The number of anilines is 1. The Kier molecular flexibility index (Phi) is 7.21. The fraction of sp³-hybridized carbons (Fsp3) is 0.640. The number of alkyl halides is 2. The number of hydrogen-bond acceptors (Lipinski definition) is 7. The topological polar surface area (TPSA) is 55.4 Å². The van der Waals surface area contributed by atoms with E-state index in [0.29, 0.717) is 31.6 Å². The minimum Gasteiger partial charge on any atom is -0.324 e. The highest BCUT2D eigenvalue weighted by Gasteiger charge is 2.56. The second-order valence-electron chi connectivity index (χ2n) is 10.9. The molecular weight excluding hydrogens is 457 g/mol. The molecule has 0 aromatic heterocycles. The average Bonchev–Trinajstić information content (AvgIpc) is 3.32. The predicted octanol–water partition coefficient (Wildman–Crippen LogP) is 4.73. The number of halogens is 3. The number of benzene rings is 1. The minimum atomic E-state index is -3.17. The van der Waals surface area contributed by atoms with E-state index >= 15 is 4.39 Å². The lowest BCUT2D eigenvalue weighted by molar-refractivity contribution is -0.310. The van der Waals surface area contributed by atoms with Crippen LogP contribution in [0.1, 0.15) is 53.4 Å². The number of aliphatic imine (C=N–C) groups is 1.